The van der Waals surface area contributed by atoms with Crippen LogP contribution in [0.1, 0.15) is 26.2 Å². The van der Waals surface area contributed by atoms with Gasteiger partial charge in [-0.1, -0.05) is 0 Å². The summed E-state index contributed by atoms with van der Waals surface area (Å²) in [6, 6.07) is 0.222. The van der Waals surface area contributed by atoms with Crippen molar-refractivity contribution in [3.8, 4) is 0 Å². The maximum absolute atomic E-state index is 11.9. The van der Waals surface area contributed by atoms with E-state index in [1.165, 1.54) is 0 Å². The highest BCUT2D eigenvalue weighted by Crippen LogP contribution is 2.15. The predicted octanol–water partition coefficient (Wildman–Crippen LogP) is 0.701. The normalized spacial score (nSPS) is 34.2. The SMILES string of the molecule is CC1OCCC1NC(=O)C1CCCNC1.Cl. The van der Waals surface area contributed by atoms with E-state index < -0.39 is 0 Å². The molecule has 2 heterocycles. The van der Waals surface area contributed by atoms with Crippen LogP contribution >= 0.6 is 12.4 Å². The van der Waals surface area contributed by atoms with Crippen LogP contribution in [0.5, 0.6) is 0 Å². The third-order valence-corrected chi connectivity index (χ3v) is 3.37. The molecule has 94 valence electrons. The van der Waals surface area contributed by atoms with Crippen LogP contribution in [-0.4, -0.2) is 37.7 Å². The quantitative estimate of drug-likeness (QED) is 0.757. The molecule has 0 spiro atoms. The van der Waals surface area contributed by atoms with Crippen molar-refractivity contribution in [1.82, 2.24) is 10.6 Å². The molecule has 3 unspecified atom stereocenters. The number of ether oxygens (including phenoxy) is 1. The monoisotopic (exact) mass is 248 g/mol. The first kappa shape index (κ1) is 13.7. The predicted molar refractivity (Wildman–Crippen MR) is 64.8 cm³/mol. The average Bonchev–Trinajstić information content (AvgIpc) is 2.66. The van der Waals surface area contributed by atoms with E-state index in [1.54, 1.807) is 0 Å². The van der Waals surface area contributed by atoms with Crippen LogP contribution in [-0.2, 0) is 9.53 Å². The van der Waals surface area contributed by atoms with Crippen LogP contribution in [0.4, 0.5) is 0 Å². The third-order valence-electron chi connectivity index (χ3n) is 3.37. The minimum atomic E-state index is 0. The molecule has 2 N–H and O–H groups in total. The summed E-state index contributed by atoms with van der Waals surface area (Å²) in [4.78, 5) is 11.9. The van der Waals surface area contributed by atoms with Crippen molar-refractivity contribution in [2.24, 2.45) is 5.92 Å². The van der Waals surface area contributed by atoms with Gasteiger partial charge in [0.2, 0.25) is 5.91 Å². The Morgan fingerprint density at radius 3 is 2.81 bits per heavy atom. The van der Waals surface area contributed by atoms with E-state index in [4.69, 9.17) is 4.74 Å². The number of rotatable bonds is 2. The van der Waals surface area contributed by atoms with Gasteiger partial charge >= 0.3 is 0 Å². The van der Waals surface area contributed by atoms with E-state index in [9.17, 15) is 4.79 Å². The molecule has 5 heteroatoms. The number of amides is 1. The van der Waals surface area contributed by atoms with Gasteiger partial charge in [0.15, 0.2) is 0 Å². The molecule has 16 heavy (non-hydrogen) atoms. The lowest BCUT2D eigenvalue weighted by atomic mass is 9.98. The molecule has 2 aliphatic heterocycles. The molecule has 0 saturated carbocycles. The molecule has 2 rings (SSSR count). The summed E-state index contributed by atoms with van der Waals surface area (Å²) in [7, 11) is 0. The highest BCUT2D eigenvalue weighted by Gasteiger charge is 2.28. The molecule has 0 aromatic carbocycles. The van der Waals surface area contributed by atoms with Crippen molar-refractivity contribution in [1.29, 1.82) is 0 Å². The number of hydrogen-bond donors (Lipinski definition) is 2. The molecule has 1 amide bonds. The van der Waals surface area contributed by atoms with Crippen LogP contribution in [0.3, 0.4) is 0 Å². The van der Waals surface area contributed by atoms with Gasteiger partial charge in [-0.3, -0.25) is 4.79 Å². The highest BCUT2D eigenvalue weighted by atomic mass is 35.5. The maximum atomic E-state index is 11.9. The Bertz CT molecular complexity index is 232. The lowest BCUT2D eigenvalue weighted by Gasteiger charge is -2.24. The Hall–Kier alpha value is -0.320. The summed E-state index contributed by atoms with van der Waals surface area (Å²) in [5, 5.41) is 6.35. The topological polar surface area (TPSA) is 50.4 Å². The number of nitrogens with one attached hydrogen (secondary N) is 2. The smallest absolute Gasteiger partial charge is 0.224 e. The zero-order valence-electron chi connectivity index (χ0n) is 9.70. The van der Waals surface area contributed by atoms with Gasteiger partial charge in [-0.15, -0.1) is 12.4 Å². The second-order valence-corrected chi connectivity index (χ2v) is 4.52. The van der Waals surface area contributed by atoms with Gasteiger partial charge < -0.3 is 15.4 Å². The van der Waals surface area contributed by atoms with Crippen molar-refractivity contribution in [3.05, 3.63) is 0 Å². The van der Waals surface area contributed by atoms with Crippen molar-refractivity contribution >= 4 is 18.3 Å². The summed E-state index contributed by atoms with van der Waals surface area (Å²) in [5.41, 5.74) is 0. The molecule has 0 aromatic rings. The van der Waals surface area contributed by atoms with E-state index >= 15 is 0 Å². The second-order valence-electron chi connectivity index (χ2n) is 4.52. The van der Waals surface area contributed by atoms with Crippen LogP contribution in [0, 0.1) is 5.92 Å². The lowest BCUT2D eigenvalue weighted by Crippen LogP contribution is -2.46. The van der Waals surface area contributed by atoms with Crippen LogP contribution in [0.2, 0.25) is 0 Å². The first-order chi connectivity index (χ1) is 7.27. The Kier molecular flexibility index (Phi) is 5.52. The van der Waals surface area contributed by atoms with Gasteiger partial charge in [0, 0.05) is 13.2 Å². The van der Waals surface area contributed by atoms with Gasteiger partial charge in [-0.25, -0.2) is 0 Å². The summed E-state index contributed by atoms with van der Waals surface area (Å²) >= 11 is 0. The second kappa shape index (κ2) is 6.42. The molecule has 2 fully saturated rings. The van der Waals surface area contributed by atoms with Gasteiger partial charge in [0.25, 0.3) is 0 Å². The van der Waals surface area contributed by atoms with Gasteiger partial charge in [0.05, 0.1) is 18.1 Å². The van der Waals surface area contributed by atoms with Crippen LogP contribution < -0.4 is 10.6 Å². The minimum Gasteiger partial charge on any atom is -0.376 e. The molecule has 2 aliphatic rings. The standard InChI is InChI=1S/C11H20N2O2.ClH/c1-8-10(4-6-15-8)13-11(14)9-3-2-5-12-7-9;/h8-10,12H,2-7H2,1H3,(H,13,14);1H. The molecule has 4 nitrogen and oxygen atoms in total. The Morgan fingerprint density at radius 1 is 1.44 bits per heavy atom. The van der Waals surface area contributed by atoms with Crippen LogP contribution in [0.15, 0.2) is 0 Å². The molecule has 2 saturated heterocycles. The molecular formula is C11H21ClN2O2. The Morgan fingerprint density at radius 2 is 2.25 bits per heavy atom. The average molecular weight is 249 g/mol. The van der Waals surface area contributed by atoms with Gasteiger partial charge in [-0.05, 0) is 32.7 Å². The Labute approximate surface area is 103 Å². The van der Waals surface area contributed by atoms with E-state index in [0.717, 1.165) is 39.0 Å². The van der Waals surface area contributed by atoms with Crippen LogP contribution in [0.25, 0.3) is 0 Å². The number of carbonyl (C=O) groups excluding carboxylic acids is 1. The molecule has 0 aliphatic carbocycles. The summed E-state index contributed by atoms with van der Waals surface area (Å²) in [6.45, 7) is 4.67. The molecule has 0 aromatic heterocycles. The van der Waals surface area contributed by atoms with Crippen molar-refractivity contribution in [3.63, 3.8) is 0 Å². The Balaban J connectivity index is 0.00000128. The minimum absolute atomic E-state index is 0. The first-order valence-electron chi connectivity index (χ1n) is 5.90. The van der Waals surface area contributed by atoms with E-state index in [0.29, 0.717) is 0 Å². The summed E-state index contributed by atoms with van der Waals surface area (Å²) in [6.07, 6.45) is 3.24. The number of hydrogen-bond acceptors (Lipinski definition) is 3. The molecule has 0 bridgehead atoms. The third kappa shape index (κ3) is 3.34. The maximum Gasteiger partial charge on any atom is 0.224 e. The van der Waals surface area contributed by atoms with Gasteiger partial charge in [0.1, 0.15) is 0 Å². The van der Waals surface area contributed by atoms with E-state index in [2.05, 4.69) is 10.6 Å². The van der Waals surface area contributed by atoms with Crippen molar-refractivity contribution in [2.75, 3.05) is 19.7 Å². The largest absolute Gasteiger partial charge is 0.376 e. The molecule has 0 radical (unpaired) electrons. The molecule has 3 atom stereocenters. The molecular weight excluding hydrogens is 228 g/mol. The lowest BCUT2D eigenvalue weighted by molar-refractivity contribution is -0.126. The summed E-state index contributed by atoms with van der Waals surface area (Å²) in [5.74, 6) is 0.358. The van der Waals surface area contributed by atoms with Gasteiger partial charge in [-0.2, -0.15) is 0 Å². The van der Waals surface area contributed by atoms with Crippen molar-refractivity contribution in [2.45, 2.75) is 38.3 Å². The number of piperidine rings is 1. The zero-order valence-corrected chi connectivity index (χ0v) is 10.5. The fraction of sp³-hybridized carbons (Fsp3) is 0.909. The first-order valence-corrected chi connectivity index (χ1v) is 5.90. The fourth-order valence-electron chi connectivity index (χ4n) is 2.30. The van der Waals surface area contributed by atoms with E-state index in [1.807, 2.05) is 6.92 Å². The number of carbonyl (C=O) groups is 1. The highest BCUT2D eigenvalue weighted by molar-refractivity contribution is 5.85. The van der Waals surface area contributed by atoms with Crippen molar-refractivity contribution < 1.29 is 9.53 Å². The summed E-state index contributed by atoms with van der Waals surface area (Å²) < 4.78 is 5.42. The fourth-order valence-corrected chi connectivity index (χ4v) is 2.30. The number of halogens is 1. The van der Waals surface area contributed by atoms with E-state index in [-0.39, 0.29) is 36.4 Å². The zero-order chi connectivity index (χ0) is 10.7.